The SMILES string of the molecule is Nc1cc(Br)cnc1NCCCN1CCCC1. The number of halogens is 1. The molecule has 17 heavy (non-hydrogen) atoms. The highest BCUT2D eigenvalue weighted by atomic mass is 79.9. The minimum absolute atomic E-state index is 0.695. The van der Waals surface area contributed by atoms with Crippen molar-refractivity contribution in [3.8, 4) is 0 Å². The number of nitrogens with zero attached hydrogens (tertiary/aromatic N) is 2. The average molecular weight is 299 g/mol. The summed E-state index contributed by atoms with van der Waals surface area (Å²) in [5, 5.41) is 3.28. The van der Waals surface area contributed by atoms with E-state index in [1.165, 1.54) is 32.5 Å². The monoisotopic (exact) mass is 298 g/mol. The maximum atomic E-state index is 5.86. The van der Waals surface area contributed by atoms with Crippen molar-refractivity contribution in [1.29, 1.82) is 0 Å². The molecule has 2 rings (SSSR count). The molecule has 3 N–H and O–H groups in total. The Kier molecular flexibility index (Phi) is 4.62. The molecule has 0 saturated carbocycles. The first-order valence-corrected chi connectivity index (χ1v) is 6.92. The molecular formula is C12H19BrN4. The molecule has 94 valence electrons. The van der Waals surface area contributed by atoms with E-state index in [9.17, 15) is 0 Å². The van der Waals surface area contributed by atoms with Gasteiger partial charge in [-0.3, -0.25) is 0 Å². The zero-order chi connectivity index (χ0) is 12.1. The first-order valence-electron chi connectivity index (χ1n) is 6.13. The van der Waals surface area contributed by atoms with Gasteiger partial charge in [0.25, 0.3) is 0 Å². The van der Waals surface area contributed by atoms with Crippen LogP contribution in [0.3, 0.4) is 0 Å². The molecule has 4 nitrogen and oxygen atoms in total. The van der Waals surface area contributed by atoms with Crippen molar-refractivity contribution in [1.82, 2.24) is 9.88 Å². The number of rotatable bonds is 5. The molecule has 0 spiro atoms. The molecule has 0 aromatic carbocycles. The summed E-state index contributed by atoms with van der Waals surface area (Å²) in [6.45, 7) is 4.62. The smallest absolute Gasteiger partial charge is 0.149 e. The van der Waals surface area contributed by atoms with Crippen molar-refractivity contribution in [2.24, 2.45) is 0 Å². The van der Waals surface area contributed by atoms with Gasteiger partial charge in [-0.15, -0.1) is 0 Å². The van der Waals surface area contributed by atoms with Crippen LogP contribution in [0.2, 0.25) is 0 Å². The lowest BCUT2D eigenvalue weighted by molar-refractivity contribution is 0.337. The zero-order valence-electron chi connectivity index (χ0n) is 9.95. The normalized spacial score (nSPS) is 16.3. The Balaban J connectivity index is 1.70. The van der Waals surface area contributed by atoms with E-state index in [2.05, 4.69) is 31.1 Å². The minimum atomic E-state index is 0.695. The summed E-state index contributed by atoms with van der Waals surface area (Å²) in [6.07, 6.45) is 5.61. The Morgan fingerprint density at radius 3 is 2.88 bits per heavy atom. The number of anilines is 2. The third-order valence-corrected chi connectivity index (χ3v) is 3.46. The topological polar surface area (TPSA) is 54.2 Å². The van der Waals surface area contributed by atoms with Gasteiger partial charge in [0.1, 0.15) is 5.82 Å². The van der Waals surface area contributed by atoms with Gasteiger partial charge in [-0.05, 0) is 60.9 Å². The minimum Gasteiger partial charge on any atom is -0.396 e. The van der Waals surface area contributed by atoms with Gasteiger partial charge in [-0.1, -0.05) is 0 Å². The molecule has 0 amide bonds. The van der Waals surface area contributed by atoms with Crippen LogP contribution in [0.15, 0.2) is 16.7 Å². The van der Waals surface area contributed by atoms with Gasteiger partial charge in [0, 0.05) is 17.2 Å². The Morgan fingerprint density at radius 1 is 1.41 bits per heavy atom. The molecule has 2 heterocycles. The van der Waals surface area contributed by atoms with Crippen LogP contribution >= 0.6 is 15.9 Å². The quantitative estimate of drug-likeness (QED) is 0.819. The number of likely N-dealkylation sites (tertiary alicyclic amines) is 1. The van der Waals surface area contributed by atoms with Crippen molar-refractivity contribution in [3.05, 3.63) is 16.7 Å². The molecule has 0 atom stereocenters. The van der Waals surface area contributed by atoms with Crippen molar-refractivity contribution in [3.63, 3.8) is 0 Å². The molecule has 1 aromatic heterocycles. The Bertz CT molecular complexity index is 364. The lowest BCUT2D eigenvalue weighted by Gasteiger charge is -2.14. The predicted octanol–water partition coefficient (Wildman–Crippen LogP) is 2.32. The molecule has 0 bridgehead atoms. The Labute approximate surface area is 111 Å². The van der Waals surface area contributed by atoms with Crippen molar-refractivity contribution < 1.29 is 0 Å². The average Bonchev–Trinajstić information content (AvgIpc) is 2.79. The largest absolute Gasteiger partial charge is 0.396 e. The second kappa shape index (κ2) is 6.21. The van der Waals surface area contributed by atoms with Crippen LogP contribution in [0, 0.1) is 0 Å². The van der Waals surface area contributed by atoms with Crippen LogP contribution in [0.25, 0.3) is 0 Å². The van der Waals surface area contributed by atoms with E-state index in [-0.39, 0.29) is 0 Å². The number of nitrogen functional groups attached to an aromatic ring is 1. The molecule has 5 heteroatoms. The number of pyridine rings is 1. The van der Waals surface area contributed by atoms with Crippen LogP contribution in [0.5, 0.6) is 0 Å². The highest BCUT2D eigenvalue weighted by molar-refractivity contribution is 9.10. The molecule has 0 unspecified atom stereocenters. The van der Waals surface area contributed by atoms with E-state index in [1.807, 2.05) is 6.07 Å². The molecular weight excluding hydrogens is 280 g/mol. The highest BCUT2D eigenvalue weighted by Gasteiger charge is 2.10. The second-order valence-corrected chi connectivity index (χ2v) is 5.34. The second-order valence-electron chi connectivity index (χ2n) is 4.42. The summed E-state index contributed by atoms with van der Waals surface area (Å²) in [7, 11) is 0. The van der Waals surface area contributed by atoms with Crippen LogP contribution in [-0.4, -0.2) is 36.1 Å². The van der Waals surface area contributed by atoms with E-state index in [4.69, 9.17) is 5.73 Å². The number of nitrogens with one attached hydrogen (secondary N) is 1. The summed E-state index contributed by atoms with van der Waals surface area (Å²) in [5.74, 6) is 0.787. The first kappa shape index (κ1) is 12.6. The van der Waals surface area contributed by atoms with E-state index < -0.39 is 0 Å². The molecule has 1 aliphatic rings. The van der Waals surface area contributed by atoms with Crippen LogP contribution in [0.1, 0.15) is 19.3 Å². The molecule has 1 fully saturated rings. The highest BCUT2D eigenvalue weighted by Crippen LogP contribution is 2.19. The molecule has 1 aliphatic heterocycles. The maximum absolute atomic E-state index is 5.86. The number of hydrogen-bond donors (Lipinski definition) is 2. The summed E-state index contributed by atoms with van der Waals surface area (Å²) in [4.78, 5) is 6.76. The number of aromatic nitrogens is 1. The van der Waals surface area contributed by atoms with Gasteiger partial charge in [0.15, 0.2) is 0 Å². The van der Waals surface area contributed by atoms with E-state index in [1.54, 1.807) is 6.20 Å². The van der Waals surface area contributed by atoms with Crippen molar-refractivity contribution in [2.45, 2.75) is 19.3 Å². The summed E-state index contributed by atoms with van der Waals surface area (Å²) >= 11 is 3.35. The number of nitrogens with two attached hydrogens (primary N) is 1. The lowest BCUT2D eigenvalue weighted by atomic mass is 10.3. The molecule has 0 aliphatic carbocycles. The molecule has 1 aromatic rings. The number of hydrogen-bond acceptors (Lipinski definition) is 4. The molecule has 1 saturated heterocycles. The summed E-state index contributed by atoms with van der Waals surface area (Å²) in [5.41, 5.74) is 6.56. The van der Waals surface area contributed by atoms with Gasteiger partial charge in [-0.25, -0.2) is 4.98 Å². The summed E-state index contributed by atoms with van der Waals surface area (Å²) in [6, 6.07) is 1.87. The fraction of sp³-hybridized carbons (Fsp3) is 0.583. The molecule has 0 radical (unpaired) electrons. The standard InChI is InChI=1S/C12H19BrN4/c13-10-8-11(14)12(16-9-10)15-4-3-7-17-5-1-2-6-17/h8-9H,1-7,14H2,(H,15,16). The van der Waals surface area contributed by atoms with Gasteiger partial charge in [0.05, 0.1) is 5.69 Å². The zero-order valence-corrected chi connectivity index (χ0v) is 11.5. The first-order chi connectivity index (χ1) is 8.25. The van der Waals surface area contributed by atoms with E-state index in [0.717, 1.165) is 23.3 Å². The van der Waals surface area contributed by atoms with Crippen LogP contribution in [0.4, 0.5) is 11.5 Å². The van der Waals surface area contributed by atoms with Crippen molar-refractivity contribution >= 4 is 27.4 Å². The lowest BCUT2D eigenvalue weighted by Crippen LogP contribution is -2.22. The van der Waals surface area contributed by atoms with Crippen molar-refractivity contribution in [2.75, 3.05) is 37.2 Å². The fourth-order valence-electron chi connectivity index (χ4n) is 2.12. The van der Waals surface area contributed by atoms with Crippen LogP contribution in [-0.2, 0) is 0 Å². The van der Waals surface area contributed by atoms with Gasteiger partial charge < -0.3 is 16.0 Å². The van der Waals surface area contributed by atoms with E-state index in [0.29, 0.717) is 5.69 Å². The van der Waals surface area contributed by atoms with Gasteiger partial charge >= 0.3 is 0 Å². The Hall–Kier alpha value is -0.810. The van der Waals surface area contributed by atoms with Crippen LogP contribution < -0.4 is 11.1 Å². The third-order valence-electron chi connectivity index (χ3n) is 3.03. The maximum Gasteiger partial charge on any atom is 0.149 e. The van der Waals surface area contributed by atoms with E-state index >= 15 is 0 Å². The van der Waals surface area contributed by atoms with Gasteiger partial charge in [0.2, 0.25) is 0 Å². The third kappa shape index (κ3) is 3.85. The predicted molar refractivity (Wildman–Crippen MR) is 75.1 cm³/mol. The summed E-state index contributed by atoms with van der Waals surface area (Å²) < 4.78 is 0.914. The Morgan fingerprint density at radius 2 is 2.18 bits per heavy atom. The fourth-order valence-corrected chi connectivity index (χ4v) is 2.47. The van der Waals surface area contributed by atoms with Gasteiger partial charge in [-0.2, -0.15) is 0 Å².